The monoisotopic (exact) mass is 285 g/mol. The summed E-state index contributed by atoms with van der Waals surface area (Å²) in [5.74, 6) is -0.586. The molecule has 0 aromatic heterocycles. The predicted molar refractivity (Wildman–Crippen MR) is 72.9 cm³/mol. The summed E-state index contributed by atoms with van der Waals surface area (Å²) >= 11 is 11.7. The number of nitrogens with one attached hydrogen (secondary N) is 1. The van der Waals surface area contributed by atoms with E-state index in [0.717, 1.165) is 16.8 Å². The number of benzene rings is 1. The van der Waals surface area contributed by atoms with Crippen LogP contribution in [0.4, 0.5) is 5.69 Å². The average molecular weight is 286 g/mol. The van der Waals surface area contributed by atoms with E-state index in [1.54, 1.807) is 13.0 Å². The quantitative estimate of drug-likeness (QED) is 0.682. The van der Waals surface area contributed by atoms with Gasteiger partial charge in [0.1, 0.15) is 0 Å². The third-order valence-corrected chi connectivity index (χ3v) is 4.03. The van der Waals surface area contributed by atoms with Crippen molar-refractivity contribution in [2.24, 2.45) is 0 Å². The van der Waals surface area contributed by atoms with E-state index in [1.807, 2.05) is 6.92 Å². The van der Waals surface area contributed by atoms with Crippen molar-refractivity contribution >= 4 is 40.6 Å². The third kappa shape index (κ3) is 1.91. The highest BCUT2D eigenvalue weighted by Gasteiger charge is 2.32. The molecule has 0 saturated carbocycles. The molecule has 0 saturated heterocycles. The molecule has 0 spiro atoms. The van der Waals surface area contributed by atoms with Crippen LogP contribution < -0.4 is 5.32 Å². The van der Waals surface area contributed by atoms with Crippen molar-refractivity contribution in [1.29, 1.82) is 0 Å². The highest BCUT2D eigenvalue weighted by atomic mass is 35.5. The molecule has 1 N–H and O–H groups in total. The van der Waals surface area contributed by atoms with E-state index in [1.165, 1.54) is 0 Å². The third-order valence-electron chi connectivity index (χ3n) is 3.30. The lowest BCUT2D eigenvalue weighted by Crippen LogP contribution is -2.10. The fourth-order valence-electron chi connectivity index (χ4n) is 2.29. The summed E-state index contributed by atoms with van der Waals surface area (Å²) in [6.07, 6.45) is 0.689. The topological polar surface area (TPSA) is 46.2 Å². The van der Waals surface area contributed by atoms with Crippen LogP contribution >= 0.6 is 23.2 Å². The molecule has 0 fully saturated rings. The Morgan fingerprint density at radius 1 is 1.50 bits per heavy atom. The second-order valence-corrected chi connectivity index (χ2v) is 4.98. The molecule has 1 heterocycles. The highest BCUT2D eigenvalue weighted by molar-refractivity contribution is 6.38. The van der Waals surface area contributed by atoms with Crippen molar-refractivity contribution in [3.8, 4) is 0 Å². The van der Waals surface area contributed by atoms with Gasteiger partial charge in [0, 0.05) is 11.3 Å². The number of alkyl halides is 1. The molecule has 1 aliphatic heterocycles. The molecule has 18 heavy (non-hydrogen) atoms. The normalized spacial score (nSPS) is 17.6. The molecule has 0 aliphatic carbocycles. The standard InChI is InChI=1S/C13H13Cl2NO2/c1-3-7-8-4-9(10(17)5-14)11(15)6(2)12(8)16-13(7)18/h4,7H,3,5H2,1-2H3,(H,16,18). The molecule has 1 aliphatic rings. The van der Waals surface area contributed by atoms with Crippen LogP contribution in [0.15, 0.2) is 6.07 Å². The number of halogens is 2. The van der Waals surface area contributed by atoms with E-state index in [0.29, 0.717) is 17.0 Å². The van der Waals surface area contributed by atoms with Gasteiger partial charge in [-0.2, -0.15) is 0 Å². The van der Waals surface area contributed by atoms with Gasteiger partial charge in [0.15, 0.2) is 5.78 Å². The Kier molecular flexibility index (Phi) is 3.64. The highest BCUT2D eigenvalue weighted by Crippen LogP contribution is 2.41. The first-order chi connectivity index (χ1) is 8.51. The molecular formula is C13H13Cl2NO2. The Morgan fingerprint density at radius 3 is 2.72 bits per heavy atom. The molecule has 1 unspecified atom stereocenters. The second kappa shape index (κ2) is 4.90. The number of ketones is 1. The van der Waals surface area contributed by atoms with E-state index in [9.17, 15) is 9.59 Å². The summed E-state index contributed by atoms with van der Waals surface area (Å²) in [5.41, 5.74) is 2.71. The van der Waals surface area contributed by atoms with Gasteiger partial charge in [-0.3, -0.25) is 9.59 Å². The maximum absolute atomic E-state index is 11.8. The van der Waals surface area contributed by atoms with Crippen molar-refractivity contribution in [2.45, 2.75) is 26.2 Å². The number of carbonyl (C=O) groups excluding carboxylic acids is 2. The zero-order valence-electron chi connectivity index (χ0n) is 10.1. The lowest BCUT2D eigenvalue weighted by Gasteiger charge is -2.12. The molecule has 1 aromatic carbocycles. The number of carbonyl (C=O) groups is 2. The van der Waals surface area contributed by atoms with Gasteiger partial charge >= 0.3 is 0 Å². The maximum atomic E-state index is 11.8. The molecule has 2 rings (SSSR count). The molecule has 3 nitrogen and oxygen atoms in total. The van der Waals surface area contributed by atoms with Crippen molar-refractivity contribution in [3.63, 3.8) is 0 Å². The van der Waals surface area contributed by atoms with Crippen molar-refractivity contribution < 1.29 is 9.59 Å². The minimum atomic E-state index is -0.221. The number of fused-ring (bicyclic) bond motifs is 1. The van der Waals surface area contributed by atoms with Crippen molar-refractivity contribution in [1.82, 2.24) is 0 Å². The number of rotatable bonds is 3. The van der Waals surface area contributed by atoms with E-state index >= 15 is 0 Å². The molecule has 1 atom stereocenters. The number of hydrogen-bond donors (Lipinski definition) is 1. The molecule has 1 aromatic rings. The van der Waals surface area contributed by atoms with Crippen LogP contribution in [0.5, 0.6) is 0 Å². The Morgan fingerprint density at radius 2 is 2.17 bits per heavy atom. The first-order valence-electron chi connectivity index (χ1n) is 5.74. The largest absolute Gasteiger partial charge is 0.325 e. The van der Waals surface area contributed by atoms with Crippen molar-refractivity contribution in [3.05, 3.63) is 27.8 Å². The van der Waals surface area contributed by atoms with Crippen molar-refractivity contribution in [2.75, 3.05) is 11.2 Å². The lowest BCUT2D eigenvalue weighted by molar-refractivity contribution is -0.117. The average Bonchev–Trinajstić information content (AvgIpc) is 2.68. The summed E-state index contributed by atoms with van der Waals surface area (Å²) in [5, 5.41) is 3.20. The summed E-state index contributed by atoms with van der Waals surface area (Å²) in [6.45, 7) is 3.73. The van der Waals surface area contributed by atoms with Crippen LogP contribution in [0.1, 0.15) is 40.7 Å². The number of hydrogen-bond acceptors (Lipinski definition) is 2. The van der Waals surface area contributed by atoms with Gasteiger partial charge < -0.3 is 5.32 Å². The van der Waals surface area contributed by atoms with Crippen LogP contribution in [-0.4, -0.2) is 17.6 Å². The van der Waals surface area contributed by atoms with Gasteiger partial charge in [-0.1, -0.05) is 18.5 Å². The first-order valence-corrected chi connectivity index (χ1v) is 6.65. The summed E-state index contributed by atoms with van der Waals surface area (Å²) in [6, 6.07) is 1.70. The fourth-order valence-corrected chi connectivity index (χ4v) is 2.69. The first kappa shape index (κ1) is 13.4. The number of anilines is 1. The summed E-state index contributed by atoms with van der Waals surface area (Å²) < 4.78 is 0. The van der Waals surface area contributed by atoms with Gasteiger partial charge in [-0.05, 0) is 30.5 Å². The van der Waals surface area contributed by atoms with E-state index in [2.05, 4.69) is 5.32 Å². The minimum absolute atomic E-state index is 0.0397. The Bertz CT molecular complexity index is 540. The number of Topliss-reactive ketones (excluding diaryl/α,β-unsaturated/α-hetero) is 1. The summed E-state index contributed by atoms with van der Waals surface area (Å²) in [7, 11) is 0. The second-order valence-electron chi connectivity index (χ2n) is 4.33. The molecule has 0 bridgehead atoms. The van der Waals surface area contributed by atoms with E-state index < -0.39 is 0 Å². The van der Waals surface area contributed by atoms with Gasteiger partial charge in [0.05, 0.1) is 16.8 Å². The predicted octanol–water partition coefficient (Wildman–Crippen LogP) is 3.52. The molecule has 96 valence electrons. The van der Waals surface area contributed by atoms with Gasteiger partial charge in [-0.25, -0.2) is 0 Å². The van der Waals surface area contributed by atoms with E-state index in [-0.39, 0.29) is 23.5 Å². The number of amides is 1. The lowest BCUT2D eigenvalue weighted by atomic mass is 9.93. The smallest absolute Gasteiger partial charge is 0.232 e. The fraction of sp³-hybridized carbons (Fsp3) is 0.385. The van der Waals surface area contributed by atoms with Crippen LogP contribution in [0.25, 0.3) is 0 Å². The zero-order valence-corrected chi connectivity index (χ0v) is 11.7. The molecular weight excluding hydrogens is 273 g/mol. The SMILES string of the molecule is CCC1C(=O)Nc2c1cc(C(=O)CCl)c(Cl)c2C. The van der Waals surface area contributed by atoms with Crippen LogP contribution in [0, 0.1) is 6.92 Å². The molecule has 5 heteroatoms. The minimum Gasteiger partial charge on any atom is -0.325 e. The Hall–Kier alpha value is -1.06. The molecule has 1 amide bonds. The van der Waals surface area contributed by atoms with Gasteiger partial charge in [-0.15, -0.1) is 11.6 Å². The Balaban J connectivity index is 2.64. The van der Waals surface area contributed by atoms with E-state index in [4.69, 9.17) is 23.2 Å². The summed E-state index contributed by atoms with van der Waals surface area (Å²) in [4.78, 5) is 23.6. The molecule has 0 radical (unpaired) electrons. The maximum Gasteiger partial charge on any atom is 0.232 e. The zero-order chi connectivity index (χ0) is 13.4. The van der Waals surface area contributed by atoms with Gasteiger partial charge in [0.25, 0.3) is 0 Å². The van der Waals surface area contributed by atoms with Crippen LogP contribution in [0.3, 0.4) is 0 Å². The Labute approximate surface area is 115 Å². The van der Waals surface area contributed by atoms with Crippen LogP contribution in [0.2, 0.25) is 5.02 Å². The van der Waals surface area contributed by atoms with Crippen LogP contribution in [-0.2, 0) is 4.79 Å². The van der Waals surface area contributed by atoms with Gasteiger partial charge in [0.2, 0.25) is 5.91 Å².